The van der Waals surface area contributed by atoms with Crippen LogP contribution in [0.3, 0.4) is 0 Å². The van der Waals surface area contributed by atoms with Crippen molar-refractivity contribution < 1.29 is 23.8 Å². The topological polar surface area (TPSA) is 96.2 Å². The molecule has 1 aliphatic rings. The van der Waals surface area contributed by atoms with Crippen LogP contribution in [0.2, 0.25) is 0 Å². The van der Waals surface area contributed by atoms with Crippen molar-refractivity contribution in [2.24, 2.45) is 4.99 Å². The Hall–Kier alpha value is -3.50. The number of thiazole rings is 1. The van der Waals surface area contributed by atoms with Crippen molar-refractivity contribution in [3.05, 3.63) is 89.0 Å². The molecule has 10 heteroatoms. The summed E-state index contributed by atoms with van der Waals surface area (Å²) in [6, 6.07) is 11.5. The summed E-state index contributed by atoms with van der Waals surface area (Å²) in [6.45, 7) is 6.88. The van der Waals surface area contributed by atoms with Gasteiger partial charge in [-0.25, -0.2) is 9.79 Å². The number of nitrogens with zero attached hydrogens (tertiary/aromatic N) is 2. The molecule has 2 aromatic carbocycles. The molecule has 1 aliphatic heterocycles. The van der Waals surface area contributed by atoms with Crippen LogP contribution in [0.5, 0.6) is 11.5 Å². The first kappa shape index (κ1) is 26.6. The van der Waals surface area contributed by atoms with Gasteiger partial charge in [0.05, 0.1) is 29.0 Å². The monoisotopic (exact) mass is 584 g/mol. The van der Waals surface area contributed by atoms with Crippen LogP contribution >= 0.6 is 27.3 Å². The number of esters is 2. The predicted octanol–water partition coefficient (Wildman–Crippen LogP) is 3.88. The average molecular weight is 585 g/mol. The first-order valence-corrected chi connectivity index (χ1v) is 13.1. The van der Waals surface area contributed by atoms with Crippen LogP contribution in [0.4, 0.5) is 0 Å². The quantitative estimate of drug-likeness (QED) is 0.322. The van der Waals surface area contributed by atoms with E-state index in [0.717, 1.165) is 10.0 Å². The van der Waals surface area contributed by atoms with E-state index in [1.54, 1.807) is 37.3 Å². The van der Waals surface area contributed by atoms with Gasteiger partial charge < -0.3 is 14.2 Å². The molecule has 0 bridgehead atoms. The smallest absolute Gasteiger partial charge is 0.338 e. The summed E-state index contributed by atoms with van der Waals surface area (Å²) in [6.07, 6.45) is 1.61. The molecule has 0 radical (unpaired) electrons. The zero-order valence-corrected chi connectivity index (χ0v) is 23.3. The maximum atomic E-state index is 13.8. The number of ether oxygens (including phenoxy) is 3. The number of rotatable bonds is 6. The molecule has 0 saturated heterocycles. The molecule has 0 amide bonds. The maximum absolute atomic E-state index is 13.8. The van der Waals surface area contributed by atoms with E-state index in [-0.39, 0.29) is 17.2 Å². The second-order valence-electron chi connectivity index (χ2n) is 8.58. The van der Waals surface area contributed by atoms with Crippen LogP contribution in [0.1, 0.15) is 44.9 Å². The van der Waals surface area contributed by atoms with Gasteiger partial charge in [0.1, 0.15) is 17.5 Å². The van der Waals surface area contributed by atoms with Gasteiger partial charge in [-0.3, -0.25) is 14.2 Å². The molecule has 0 spiro atoms. The van der Waals surface area contributed by atoms with Crippen LogP contribution in [0, 0.1) is 0 Å². The van der Waals surface area contributed by atoms with Gasteiger partial charge in [0.2, 0.25) is 0 Å². The van der Waals surface area contributed by atoms with Gasteiger partial charge in [-0.15, -0.1) is 0 Å². The molecular formula is C27H25BrN2O6S. The van der Waals surface area contributed by atoms with Crippen LogP contribution in [0.25, 0.3) is 6.08 Å². The summed E-state index contributed by atoms with van der Waals surface area (Å²) >= 11 is 4.74. The Morgan fingerprint density at radius 3 is 2.49 bits per heavy atom. The predicted molar refractivity (Wildman–Crippen MR) is 143 cm³/mol. The number of halogens is 1. The Balaban J connectivity index is 1.93. The largest absolute Gasteiger partial charge is 0.491 e. The fourth-order valence-corrected chi connectivity index (χ4v) is 5.46. The minimum absolute atomic E-state index is 0.127. The van der Waals surface area contributed by atoms with Crippen LogP contribution in [-0.2, 0) is 14.3 Å². The van der Waals surface area contributed by atoms with E-state index in [1.165, 1.54) is 29.9 Å². The molecule has 192 valence electrons. The Labute approximate surface area is 225 Å². The molecule has 0 saturated carbocycles. The second-order valence-corrected chi connectivity index (χ2v) is 10.5. The minimum Gasteiger partial charge on any atom is -0.491 e. The van der Waals surface area contributed by atoms with Crippen molar-refractivity contribution >= 4 is 45.3 Å². The van der Waals surface area contributed by atoms with E-state index in [1.807, 2.05) is 32.0 Å². The van der Waals surface area contributed by atoms with Crippen molar-refractivity contribution in [2.45, 2.75) is 39.8 Å². The Bertz CT molecular complexity index is 1580. The Morgan fingerprint density at radius 1 is 1.16 bits per heavy atom. The third-order valence-electron chi connectivity index (χ3n) is 5.50. The summed E-state index contributed by atoms with van der Waals surface area (Å²) in [4.78, 5) is 43.0. The van der Waals surface area contributed by atoms with E-state index < -0.39 is 18.0 Å². The number of hydrogen-bond acceptors (Lipinski definition) is 8. The van der Waals surface area contributed by atoms with E-state index in [2.05, 4.69) is 20.9 Å². The number of fused-ring (bicyclic) bond motifs is 1. The van der Waals surface area contributed by atoms with Gasteiger partial charge in [-0.1, -0.05) is 39.4 Å². The highest BCUT2D eigenvalue weighted by Gasteiger charge is 2.35. The lowest BCUT2D eigenvalue weighted by Gasteiger charge is -2.26. The van der Waals surface area contributed by atoms with Crippen molar-refractivity contribution in [1.29, 1.82) is 0 Å². The fourth-order valence-electron chi connectivity index (χ4n) is 4.03. The number of allylic oxidation sites excluding steroid dienone is 1. The van der Waals surface area contributed by atoms with Gasteiger partial charge in [-0.2, -0.15) is 0 Å². The normalized spacial score (nSPS) is 15.3. The highest BCUT2D eigenvalue weighted by Crippen LogP contribution is 2.37. The molecular weight excluding hydrogens is 560 g/mol. The number of carbonyl (C=O) groups excluding carboxylic acids is 2. The first-order chi connectivity index (χ1) is 17.6. The molecule has 0 N–H and O–H groups in total. The molecule has 8 nitrogen and oxygen atoms in total. The molecule has 0 fully saturated rings. The number of carbonyl (C=O) groups is 2. The van der Waals surface area contributed by atoms with E-state index in [9.17, 15) is 14.4 Å². The van der Waals surface area contributed by atoms with Gasteiger partial charge in [0.15, 0.2) is 4.80 Å². The van der Waals surface area contributed by atoms with Crippen molar-refractivity contribution in [3.63, 3.8) is 0 Å². The lowest BCUT2D eigenvalue weighted by Crippen LogP contribution is -2.40. The number of hydrogen-bond donors (Lipinski definition) is 0. The number of methoxy groups -OCH3 is 1. The van der Waals surface area contributed by atoms with Crippen molar-refractivity contribution in [2.75, 3.05) is 7.11 Å². The van der Waals surface area contributed by atoms with Crippen LogP contribution in [0.15, 0.2) is 68.0 Å². The first-order valence-electron chi connectivity index (χ1n) is 11.4. The van der Waals surface area contributed by atoms with Crippen molar-refractivity contribution in [1.82, 2.24) is 4.57 Å². The third-order valence-corrected chi connectivity index (χ3v) is 6.97. The standard InChI is InChI=1S/C27H25BrN2O6S/c1-14(2)35-21-11-8-18(28)13-20(21)24-23(26(33)34-5)15(3)29-27-30(24)25(32)22(37-27)12-17-6-9-19(10-7-17)36-16(4)31/h6-14,24H,1-5H3/b22-12-. The molecule has 1 atom stereocenters. The molecule has 1 aromatic heterocycles. The highest BCUT2D eigenvalue weighted by atomic mass is 79.9. The SMILES string of the molecule is COC(=O)C1=C(C)N=c2s/c(=C\c3ccc(OC(C)=O)cc3)c(=O)n2C1c1cc(Br)ccc1OC(C)C. The molecule has 1 unspecified atom stereocenters. The molecule has 0 aliphatic carbocycles. The highest BCUT2D eigenvalue weighted by molar-refractivity contribution is 9.10. The molecule has 4 rings (SSSR count). The summed E-state index contributed by atoms with van der Waals surface area (Å²) in [7, 11) is 1.30. The van der Waals surface area contributed by atoms with Crippen LogP contribution in [-0.4, -0.2) is 29.7 Å². The van der Waals surface area contributed by atoms with Crippen molar-refractivity contribution in [3.8, 4) is 11.5 Å². The summed E-state index contributed by atoms with van der Waals surface area (Å²) in [5.74, 6) is -0.0185. The zero-order chi connectivity index (χ0) is 26.9. The molecule has 2 heterocycles. The maximum Gasteiger partial charge on any atom is 0.338 e. The summed E-state index contributed by atoms with van der Waals surface area (Å²) in [5.41, 5.74) is 1.80. The van der Waals surface area contributed by atoms with Gasteiger partial charge in [0, 0.05) is 17.0 Å². The Kier molecular flexibility index (Phi) is 7.79. The van der Waals surface area contributed by atoms with Gasteiger partial charge in [0.25, 0.3) is 5.56 Å². The second kappa shape index (κ2) is 10.9. The summed E-state index contributed by atoms with van der Waals surface area (Å²) in [5, 5.41) is 0. The van der Waals surface area contributed by atoms with E-state index in [0.29, 0.717) is 32.1 Å². The fraction of sp³-hybridized carbons (Fsp3) is 0.259. The van der Waals surface area contributed by atoms with E-state index in [4.69, 9.17) is 14.2 Å². The molecule has 3 aromatic rings. The van der Waals surface area contributed by atoms with E-state index >= 15 is 0 Å². The lowest BCUT2D eigenvalue weighted by molar-refractivity contribution is -0.136. The minimum atomic E-state index is -0.802. The lowest BCUT2D eigenvalue weighted by atomic mass is 9.95. The Morgan fingerprint density at radius 2 is 1.86 bits per heavy atom. The summed E-state index contributed by atoms with van der Waals surface area (Å²) < 4.78 is 19.0. The number of aromatic nitrogens is 1. The van der Waals surface area contributed by atoms with Crippen LogP contribution < -0.4 is 24.4 Å². The number of benzene rings is 2. The van der Waals surface area contributed by atoms with Gasteiger partial charge in [-0.05, 0) is 62.7 Å². The average Bonchev–Trinajstić information content (AvgIpc) is 3.14. The molecule has 37 heavy (non-hydrogen) atoms. The van der Waals surface area contributed by atoms with Gasteiger partial charge >= 0.3 is 11.9 Å². The third kappa shape index (κ3) is 5.60. The zero-order valence-electron chi connectivity index (χ0n) is 20.9.